The Labute approximate surface area is 140 Å². The summed E-state index contributed by atoms with van der Waals surface area (Å²) >= 11 is 0. The number of benzene rings is 1. The molecule has 0 aliphatic heterocycles. The van der Waals surface area contributed by atoms with Crippen LogP contribution in [0.1, 0.15) is 64.8 Å². The van der Waals surface area contributed by atoms with Crippen LogP contribution >= 0.6 is 0 Å². The molecule has 1 aromatic carbocycles. The highest BCUT2D eigenvalue weighted by molar-refractivity contribution is 5.95. The first-order valence-electron chi connectivity index (χ1n) is 8.64. The van der Waals surface area contributed by atoms with Crippen LogP contribution < -0.4 is 10.9 Å². The number of aryl methyl sites for hydroxylation is 1. The average Bonchev–Trinajstić information content (AvgIpc) is 3.25. The summed E-state index contributed by atoms with van der Waals surface area (Å²) in [5.41, 5.74) is 1.58. The molecule has 124 valence electrons. The van der Waals surface area contributed by atoms with Gasteiger partial charge in [-0.05, 0) is 43.4 Å². The van der Waals surface area contributed by atoms with E-state index in [0.29, 0.717) is 17.4 Å². The van der Waals surface area contributed by atoms with Gasteiger partial charge in [-0.1, -0.05) is 36.8 Å². The fraction of sp³-hybridized carbons (Fsp3) is 0.400. The molecule has 1 N–H and O–H groups in total. The number of nitrogens with one attached hydrogen (secondary N) is 1. The summed E-state index contributed by atoms with van der Waals surface area (Å²) in [7, 11) is 0. The fourth-order valence-electron chi connectivity index (χ4n) is 3.46. The largest absolute Gasteiger partial charge is 0.427 e. The van der Waals surface area contributed by atoms with Gasteiger partial charge >= 0.3 is 5.63 Å². The minimum Gasteiger partial charge on any atom is -0.427 e. The second kappa shape index (κ2) is 5.93. The van der Waals surface area contributed by atoms with E-state index < -0.39 is 5.63 Å². The van der Waals surface area contributed by atoms with Crippen LogP contribution in [0.25, 0.3) is 0 Å². The van der Waals surface area contributed by atoms with Gasteiger partial charge in [-0.15, -0.1) is 0 Å². The summed E-state index contributed by atoms with van der Waals surface area (Å²) in [5, 5.41) is 2.98. The summed E-state index contributed by atoms with van der Waals surface area (Å²) < 4.78 is 5.41. The molecule has 4 nitrogen and oxygen atoms in total. The summed E-state index contributed by atoms with van der Waals surface area (Å²) in [5.74, 6) is 1.11. The molecular formula is C20H21NO3. The summed E-state index contributed by atoms with van der Waals surface area (Å²) in [6.07, 6.45) is 4.22. The first kappa shape index (κ1) is 15.2. The van der Waals surface area contributed by atoms with Crippen LogP contribution in [0.4, 0.5) is 0 Å². The van der Waals surface area contributed by atoms with Crippen molar-refractivity contribution in [3.05, 3.63) is 69.3 Å². The molecule has 1 aromatic heterocycles. The van der Waals surface area contributed by atoms with Crippen molar-refractivity contribution in [1.82, 2.24) is 5.32 Å². The maximum atomic E-state index is 12.5. The molecular weight excluding hydrogens is 302 g/mol. The van der Waals surface area contributed by atoms with Crippen LogP contribution in [-0.4, -0.2) is 11.9 Å². The Morgan fingerprint density at radius 1 is 1.21 bits per heavy atom. The van der Waals surface area contributed by atoms with E-state index in [1.165, 1.54) is 12.0 Å². The van der Waals surface area contributed by atoms with Crippen molar-refractivity contribution in [1.29, 1.82) is 0 Å². The van der Waals surface area contributed by atoms with E-state index in [1.807, 2.05) is 31.2 Å². The van der Waals surface area contributed by atoms with Crippen molar-refractivity contribution in [3.8, 4) is 0 Å². The Morgan fingerprint density at radius 3 is 2.58 bits per heavy atom. The van der Waals surface area contributed by atoms with Crippen molar-refractivity contribution < 1.29 is 9.21 Å². The fourth-order valence-corrected chi connectivity index (χ4v) is 3.46. The van der Waals surface area contributed by atoms with Gasteiger partial charge < -0.3 is 9.73 Å². The van der Waals surface area contributed by atoms with Gasteiger partial charge in [-0.2, -0.15) is 0 Å². The normalized spacial score (nSPS) is 22.7. The van der Waals surface area contributed by atoms with E-state index >= 15 is 0 Å². The molecule has 2 atom stereocenters. The number of carbonyl (C=O) groups excluding carboxylic acids is 1. The number of carbonyl (C=O) groups is 1. The van der Waals surface area contributed by atoms with Crippen molar-refractivity contribution in [3.63, 3.8) is 0 Å². The molecule has 0 spiro atoms. The Kier molecular flexibility index (Phi) is 3.75. The minimum absolute atomic E-state index is 0.102. The predicted molar refractivity (Wildman–Crippen MR) is 91.4 cm³/mol. The van der Waals surface area contributed by atoms with Crippen LogP contribution in [0.5, 0.6) is 0 Å². The molecule has 1 amide bonds. The standard InChI is InChI=1S/C20H21NO3/c1-12-10-17(14-8-5-9-14)24-20(23)18(12)19(22)21-16-11-15(16)13-6-3-2-4-7-13/h2-4,6-7,10,14-16H,5,8-9,11H2,1H3,(H,21,22)/t15-,16+/m0/s1. The van der Waals surface area contributed by atoms with Gasteiger partial charge in [0.25, 0.3) is 5.91 Å². The van der Waals surface area contributed by atoms with Crippen LogP contribution in [0.15, 0.2) is 45.6 Å². The van der Waals surface area contributed by atoms with Gasteiger partial charge in [0, 0.05) is 17.9 Å². The van der Waals surface area contributed by atoms with E-state index in [1.54, 1.807) is 0 Å². The second-order valence-electron chi connectivity index (χ2n) is 6.95. The molecule has 24 heavy (non-hydrogen) atoms. The molecule has 2 aromatic rings. The highest BCUT2D eigenvalue weighted by Crippen LogP contribution is 2.41. The zero-order chi connectivity index (χ0) is 16.7. The monoisotopic (exact) mass is 323 g/mol. The van der Waals surface area contributed by atoms with Gasteiger partial charge in [0.1, 0.15) is 11.3 Å². The van der Waals surface area contributed by atoms with E-state index in [9.17, 15) is 9.59 Å². The molecule has 0 radical (unpaired) electrons. The topological polar surface area (TPSA) is 59.3 Å². The number of rotatable bonds is 4. The van der Waals surface area contributed by atoms with Crippen LogP contribution in [0.2, 0.25) is 0 Å². The summed E-state index contributed by atoms with van der Waals surface area (Å²) in [4.78, 5) is 24.8. The highest BCUT2D eigenvalue weighted by atomic mass is 16.4. The maximum absolute atomic E-state index is 12.5. The Hall–Kier alpha value is -2.36. The predicted octanol–water partition coefficient (Wildman–Crippen LogP) is 3.50. The third-order valence-electron chi connectivity index (χ3n) is 5.24. The van der Waals surface area contributed by atoms with E-state index in [-0.39, 0.29) is 17.5 Å². The van der Waals surface area contributed by atoms with Gasteiger partial charge in [0.2, 0.25) is 0 Å². The first-order valence-corrected chi connectivity index (χ1v) is 8.64. The van der Waals surface area contributed by atoms with Crippen LogP contribution in [0, 0.1) is 6.92 Å². The number of hydrogen-bond donors (Lipinski definition) is 1. The molecule has 2 fully saturated rings. The van der Waals surface area contributed by atoms with Crippen molar-refractivity contribution in [2.45, 2.75) is 50.5 Å². The maximum Gasteiger partial charge on any atom is 0.349 e. The number of amides is 1. The molecule has 0 bridgehead atoms. The molecule has 2 aliphatic rings. The lowest BCUT2D eigenvalue weighted by Gasteiger charge is -2.24. The quantitative estimate of drug-likeness (QED) is 0.937. The summed E-state index contributed by atoms with van der Waals surface area (Å²) in [6, 6.07) is 12.1. The zero-order valence-electron chi connectivity index (χ0n) is 13.7. The van der Waals surface area contributed by atoms with Gasteiger partial charge in [0.15, 0.2) is 0 Å². The SMILES string of the molecule is Cc1cc(C2CCC2)oc(=O)c1C(=O)N[C@@H]1C[C@H]1c1ccccc1. The van der Waals surface area contributed by atoms with Gasteiger partial charge in [-0.25, -0.2) is 4.79 Å². The van der Waals surface area contributed by atoms with Gasteiger partial charge in [0.05, 0.1) is 0 Å². The zero-order valence-corrected chi connectivity index (χ0v) is 13.7. The first-order chi connectivity index (χ1) is 11.6. The Morgan fingerprint density at radius 2 is 1.96 bits per heavy atom. The lowest BCUT2D eigenvalue weighted by molar-refractivity contribution is 0.0945. The van der Waals surface area contributed by atoms with Crippen LogP contribution in [-0.2, 0) is 0 Å². The minimum atomic E-state index is -0.508. The number of hydrogen-bond acceptors (Lipinski definition) is 3. The Balaban J connectivity index is 1.48. The average molecular weight is 323 g/mol. The third-order valence-corrected chi connectivity index (χ3v) is 5.24. The molecule has 2 aliphatic carbocycles. The lowest BCUT2D eigenvalue weighted by Crippen LogP contribution is -2.32. The van der Waals surface area contributed by atoms with Gasteiger partial charge in [-0.3, -0.25) is 4.79 Å². The molecule has 0 unspecified atom stereocenters. The molecule has 2 saturated carbocycles. The van der Waals surface area contributed by atoms with Crippen molar-refractivity contribution in [2.75, 3.05) is 0 Å². The van der Waals surface area contributed by atoms with E-state index in [4.69, 9.17) is 4.42 Å². The summed E-state index contributed by atoms with van der Waals surface area (Å²) in [6.45, 7) is 1.82. The molecule has 1 heterocycles. The Bertz CT molecular complexity index is 821. The lowest BCUT2D eigenvalue weighted by atomic mass is 9.83. The van der Waals surface area contributed by atoms with Crippen molar-refractivity contribution in [2.24, 2.45) is 0 Å². The second-order valence-corrected chi connectivity index (χ2v) is 6.95. The van der Waals surface area contributed by atoms with Crippen LogP contribution in [0.3, 0.4) is 0 Å². The molecule has 4 rings (SSSR count). The third kappa shape index (κ3) is 2.77. The smallest absolute Gasteiger partial charge is 0.349 e. The highest BCUT2D eigenvalue weighted by Gasteiger charge is 2.40. The van der Waals surface area contributed by atoms with E-state index in [2.05, 4.69) is 17.4 Å². The van der Waals surface area contributed by atoms with E-state index in [0.717, 1.165) is 25.0 Å². The molecule has 0 saturated heterocycles. The van der Waals surface area contributed by atoms with Crippen molar-refractivity contribution >= 4 is 5.91 Å². The molecule has 4 heteroatoms.